The van der Waals surface area contributed by atoms with Gasteiger partial charge in [0.05, 0.1) is 7.11 Å². The summed E-state index contributed by atoms with van der Waals surface area (Å²) in [6.07, 6.45) is 2.29. The molecule has 3 rings (SSSR count). The van der Waals surface area contributed by atoms with Crippen LogP contribution in [0.25, 0.3) is 10.8 Å². The predicted octanol–water partition coefficient (Wildman–Crippen LogP) is 3.52. The van der Waals surface area contributed by atoms with Gasteiger partial charge in [0.1, 0.15) is 11.3 Å². The Morgan fingerprint density at radius 1 is 1.14 bits per heavy atom. The molecule has 2 aromatic rings. The molecule has 4 heteroatoms. The minimum Gasteiger partial charge on any atom is -0.496 e. The summed E-state index contributed by atoms with van der Waals surface area (Å²) in [5, 5.41) is 1.93. The van der Waals surface area contributed by atoms with E-state index in [1.165, 1.54) is 7.11 Å². The number of hydrogen-bond acceptors (Lipinski definition) is 4. The maximum absolute atomic E-state index is 12.4. The van der Waals surface area contributed by atoms with Gasteiger partial charge in [-0.3, -0.25) is 4.79 Å². The first-order valence-corrected chi connectivity index (χ1v) is 7.49. The lowest BCUT2D eigenvalue weighted by molar-refractivity contribution is -0.129. The van der Waals surface area contributed by atoms with Gasteiger partial charge in [0.25, 0.3) is 0 Å². The van der Waals surface area contributed by atoms with Crippen molar-refractivity contribution < 1.29 is 19.1 Å². The second-order valence-electron chi connectivity index (χ2n) is 5.51. The molecule has 0 aliphatic heterocycles. The van der Waals surface area contributed by atoms with E-state index in [4.69, 9.17) is 9.47 Å². The zero-order valence-corrected chi connectivity index (χ0v) is 12.5. The molecule has 0 amide bonds. The number of carbonyl (C=O) groups is 2. The van der Waals surface area contributed by atoms with Crippen LogP contribution < -0.4 is 4.74 Å². The number of carbonyl (C=O) groups excluding carboxylic acids is 2. The van der Waals surface area contributed by atoms with Crippen molar-refractivity contribution in [2.75, 3.05) is 7.11 Å². The van der Waals surface area contributed by atoms with Crippen molar-refractivity contribution >= 4 is 22.5 Å². The van der Waals surface area contributed by atoms with Gasteiger partial charge in [-0.05, 0) is 42.2 Å². The number of ketones is 1. The molecular weight excluding hydrogens is 280 g/mol. The monoisotopic (exact) mass is 298 g/mol. The Balaban J connectivity index is 1.90. The molecule has 0 spiro atoms. The van der Waals surface area contributed by atoms with Crippen LogP contribution in [0.3, 0.4) is 0 Å². The number of benzene rings is 2. The van der Waals surface area contributed by atoms with E-state index in [1.54, 1.807) is 6.07 Å². The van der Waals surface area contributed by atoms with Gasteiger partial charge >= 0.3 is 5.97 Å². The summed E-state index contributed by atoms with van der Waals surface area (Å²) in [5.74, 6) is -0.0193. The Morgan fingerprint density at radius 2 is 1.86 bits per heavy atom. The Bertz CT molecular complexity index is 720. The van der Waals surface area contributed by atoms with Gasteiger partial charge in [0.15, 0.2) is 11.9 Å². The molecule has 0 bridgehead atoms. The molecule has 0 saturated heterocycles. The molecule has 22 heavy (non-hydrogen) atoms. The molecule has 0 aromatic heterocycles. The smallest absolute Gasteiger partial charge is 0.342 e. The molecule has 0 radical (unpaired) electrons. The number of fused-ring (bicyclic) bond motifs is 1. The molecule has 4 nitrogen and oxygen atoms in total. The topological polar surface area (TPSA) is 52.6 Å². The van der Waals surface area contributed by atoms with Gasteiger partial charge in [-0.25, -0.2) is 4.79 Å². The van der Waals surface area contributed by atoms with E-state index in [0.717, 1.165) is 23.6 Å². The number of Topliss-reactive ketones (excluding diaryl/α,β-unsaturated/α-hetero) is 1. The normalized spacial score (nSPS) is 18.2. The molecule has 1 aliphatic carbocycles. The molecule has 1 fully saturated rings. The Hall–Kier alpha value is -2.36. The van der Waals surface area contributed by atoms with Crippen molar-refractivity contribution in [1.29, 1.82) is 0 Å². The van der Waals surface area contributed by atoms with Gasteiger partial charge in [0, 0.05) is 6.42 Å². The van der Waals surface area contributed by atoms with Crippen molar-refractivity contribution in [1.82, 2.24) is 0 Å². The van der Waals surface area contributed by atoms with E-state index in [-0.39, 0.29) is 5.78 Å². The van der Waals surface area contributed by atoms with Crippen LogP contribution in [-0.4, -0.2) is 25.0 Å². The minimum atomic E-state index is -0.613. The quantitative estimate of drug-likeness (QED) is 0.814. The van der Waals surface area contributed by atoms with Gasteiger partial charge in [-0.15, -0.1) is 0 Å². The first-order valence-electron chi connectivity index (χ1n) is 7.49. The summed E-state index contributed by atoms with van der Waals surface area (Å²) < 4.78 is 10.7. The molecule has 0 N–H and O–H groups in total. The molecular formula is C18H18O4. The second kappa shape index (κ2) is 6.18. The zero-order chi connectivity index (χ0) is 15.5. The van der Waals surface area contributed by atoms with Crippen LogP contribution in [0, 0.1) is 0 Å². The van der Waals surface area contributed by atoms with E-state index in [2.05, 4.69) is 0 Å². The third-order valence-electron chi connectivity index (χ3n) is 4.04. The van der Waals surface area contributed by atoms with Crippen LogP contribution in [0.4, 0.5) is 0 Å². The lowest BCUT2D eigenvalue weighted by Gasteiger charge is -2.21. The third kappa shape index (κ3) is 2.82. The van der Waals surface area contributed by atoms with Crippen LogP contribution in [0.1, 0.15) is 36.0 Å². The highest BCUT2D eigenvalue weighted by molar-refractivity contribution is 6.00. The van der Waals surface area contributed by atoms with Crippen LogP contribution in [0.15, 0.2) is 36.4 Å². The molecule has 1 atom stereocenters. The number of rotatable bonds is 3. The van der Waals surface area contributed by atoms with Crippen LogP contribution in [-0.2, 0) is 9.53 Å². The number of hydrogen-bond donors (Lipinski definition) is 0. The zero-order valence-electron chi connectivity index (χ0n) is 12.5. The van der Waals surface area contributed by atoms with Crippen LogP contribution >= 0.6 is 0 Å². The second-order valence-corrected chi connectivity index (χ2v) is 5.51. The SMILES string of the molecule is COc1cc2ccccc2cc1C(=O)O[C@H]1CCCCC1=O. The summed E-state index contributed by atoms with van der Waals surface area (Å²) in [6.45, 7) is 0. The number of esters is 1. The standard InChI is InChI=1S/C18H18O4/c1-21-17-11-13-7-3-2-6-12(13)10-14(17)18(20)22-16-9-5-4-8-15(16)19/h2-3,6-7,10-11,16H,4-5,8-9H2,1H3/t16-/m0/s1. The summed E-state index contributed by atoms with van der Waals surface area (Å²) in [4.78, 5) is 24.2. The fourth-order valence-corrected chi connectivity index (χ4v) is 2.82. The predicted molar refractivity (Wildman–Crippen MR) is 83.2 cm³/mol. The van der Waals surface area contributed by atoms with Crippen LogP contribution in [0.5, 0.6) is 5.75 Å². The number of ether oxygens (including phenoxy) is 2. The van der Waals surface area contributed by atoms with Gasteiger partial charge < -0.3 is 9.47 Å². The molecule has 0 heterocycles. The average molecular weight is 298 g/mol. The maximum atomic E-state index is 12.4. The average Bonchev–Trinajstić information content (AvgIpc) is 2.55. The first-order chi connectivity index (χ1) is 10.7. The van der Waals surface area contributed by atoms with E-state index in [1.807, 2.05) is 30.3 Å². The van der Waals surface area contributed by atoms with Gasteiger partial charge in [-0.2, -0.15) is 0 Å². The van der Waals surface area contributed by atoms with Crippen molar-refractivity contribution in [3.05, 3.63) is 42.0 Å². The van der Waals surface area contributed by atoms with Gasteiger partial charge in [-0.1, -0.05) is 24.3 Å². The van der Waals surface area contributed by atoms with E-state index >= 15 is 0 Å². The fraction of sp³-hybridized carbons (Fsp3) is 0.333. The molecule has 1 saturated carbocycles. The molecule has 2 aromatic carbocycles. The van der Waals surface area contributed by atoms with Crippen molar-refractivity contribution in [2.45, 2.75) is 31.8 Å². The van der Waals surface area contributed by atoms with E-state index < -0.39 is 12.1 Å². The van der Waals surface area contributed by atoms with E-state index in [0.29, 0.717) is 24.2 Å². The van der Waals surface area contributed by atoms with Crippen molar-refractivity contribution in [2.24, 2.45) is 0 Å². The molecule has 114 valence electrons. The Labute approximate surface area is 129 Å². The lowest BCUT2D eigenvalue weighted by Crippen LogP contribution is -2.30. The Morgan fingerprint density at radius 3 is 2.55 bits per heavy atom. The highest BCUT2D eigenvalue weighted by Crippen LogP contribution is 2.28. The summed E-state index contributed by atoms with van der Waals surface area (Å²) >= 11 is 0. The first kappa shape index (κ1) is 14.6. The van der Waals surface area contributed by atoms with Crippen molar-refractivity contribution in [3.8, 4) is 5.75 Å². The largest absolute Gasteiger partial charge is 0.496 e. The van der Waals surface area contributed by atoms with Crippen LogP contribution in [0.2, 0.25) is 0 Å². The minimum absolute atomic E-state index is 0.0133. The molecule has 0 unspecified atom stereocenters. The summed E-state index contributed by atoms with van der Waals surface area (Å²) in [6, 6.07) is 11.3. The number of methoxy groups -OCH3 is 1. The van der Waals surface area contributed by atoms with E-state index in [9.17, 15) is 9.59 Å². The summed E-state index contributed by atoms with van der Waals surface area (Å²) in [5.41, 5.74) is 0.361. The van der Waals surface area contributed by atoms with Gasteiger partial charge in [0.2, 0.25) is 0 Å². The summed E-state index contributed by atoms with van der Waals surface area (Å²) in [7, 11) is 1.52. The highest BCUT2D eigenvalue weighted by Gasteiger charge is 2.27. The maximum Gasteiger partial charge on any atom is 0.342 e. The van der Waals surface area contributed by atoms with Crippen molar-refractivity contribution in [3.63, 3.8) is 0 Å². The third-order valence-corrected chi connectivity index (χ3v) is 4.04. The lowest BCUT2D eigenvalue weighted by atomic mass is 9.96. The Kier molecular flexibility index (Phi) is 4.09. The molecule has 1 aliphatic rings. The fourth-order valence-electron chi connectivity index (χ4n) is 2.82. The highest BCUT2D eigenvalue weighted by atomic mass is 16.5.